The number of rotatable bonds is 7. The van der Waals surface area contributed by atoms with Crippen LogP contribution < -0.4 is 11.5 Å². The van der Waals surface area contributed by atoms with Gasteiger partial charge in [0.25, 0.3) is 0 Å². The van der Waals surface area contributed by atoms with Gasteiger partial charge in [-0.15, -0.1) is 0 Å². The third-order valence-electron chi connectivity index (χ3n) is 4.58. The van der Waals surface area contributed by atoms with Crippen molar-refractivity contribution in [3.05, 3.63) is 0 Å². The number of nitrogens with two attached hydrogens (primary N) is 2. The van der Waals surface area contributed by atoms with E-state index in [1.54, 1.807) is 0 Å². The first-order valence-corrected chi connectivity index (χ1v) is 7.29. The SMILES string of the molecule is CCC(CC)CN(CC)C1CCC(N)(C(N)=O)C1. The van der Waals surface area contributed by atoms with Gasteiger partial charge in [0, 0.05) is 12.6 Å². The van der Waals surface area contributed by atoms with Crippen molar-refractivity contribution >= 4 is 5.91 Å². The summed E-state index contributed by atoms with van der Waals surface area (Å²) in [6.45, 7) is 8.81. The Labute approximate surface area is 111 Å². The molecule has 0 spiro atoms. The summed E-state index contributed by atoms with van der Waals surface area (Å²) in [4.78, 5) is 13.9. The van der Waals surface area contributed by atoms with E-state index in [2.05, 4.69) is 25.7 Å². The Bertz CT molecular complexity index is 278. The first-order chi connectivity index (χ1) is 8.46. The highest BCUT2D eigenvalue weighted by Gasteiger charge is 2.42. The Morgan fingerprint density at radius 2 is 2.00 bits per heavy atom. The number of hydrogen-bond donors (Lipinski definition) is 2. The van der Waals surface area contributed by atoms with Gasteiger partial charge in [-0.25, -0.2) is 0 Å². The Morgan fingerprint density at radius 1 is 1.39 bits per heavy atom. The molecule has 1 fully saturated rings. The second-order valence-corrected chi connectivity index (χ2v) is 5.69. The van der Waals surface area contributed by atoms with Gasteiger partial charge in [0.05, 0.1) is 5.54 Å². The summed E-state index contributed by atoms with van der Waals surface area (Å²) >= 11 is 0. The lowest BCUT2D eigenvalue weighted by molar-refractivity contribution is -0.123. The van der Waals surface area contributed by atoms with Gasteiger partial charge in [0.1, 0.15) is 0 Å². The van der Waals surface area contributed by atoms with Crippen molar-refractivity contribution in [1.82, 2.24) is 4.90 Å². The number of primary amides is 1. The Morgan fingerprint density at radius 3 is 2.39 bits per heavy atom. The fourth-order valence-electron chi connectivity index (χ4n) is 3.00. The van der Waals surface area contributed by atoms with Crippen LogP contribution >= 0.6 is 0 Å². The zero-order valence-electron chi connectivity index (χ0n) is 12.1. The summed E-state index contributed by atoms with van der Waals surface area (Å²) in [5.74, 6) is 0.398. The second kappa shape index (κ2) is 6.53. The van der Waals surface area contributed by atoms with Crippen LogP contribution in [0.3, 0.4) is 0 Å². The van der Waals surface area contributed by atoms with E-state index < -0.39 is 5.54 Å². The molecule has 0 heterocycles. The van der Waals surface area contributed by atoms with Crippen molar-refractivity contribution in [3.63, 3.8) is 0 Å². The summed E-state index contributed by atoms with van der Waals surface area (Å²) < 4.78 is 0. The van der Waals surface area contributed by atoms with Crippen LogP contribution in [0.1, 0.15) is 52.9 Å². The number of amides is 1. The van der Waals surface area contributed by atoms with Crippen LogP contribution in [0.4, 0.5) is 0 Å². The lowest BCUT2D eigenvalue weighted by Gasteiger charge is -2.31. The highest BCUT2D eigenvalue weighted by Crippen LogP contribution is 2.31. The second-order valence-electron chi connectivity index (χ2n) is 5.69. The van der Waals surface area contributed by atoms with Crippen molar-refractivity contribution in [3.8, 4) is 0 Å². The number of hydrogen-bond acceptors (Lipinski definition) is 3. The first-order valence-electron chi connectivity index (χ1n) is 7.29. The van der Waals surface area contributed by atoms with Crippen LogP contribution in [-0.2, 0) is 4.79 Å². The largest absolute Gasteiger partial charge is 0.368 e. The van der Waals surface area contributed by atoms with Crippen molar-refractivity contribution in [2.24, 2.45) is 17.4 Å². The van der Waals surface area contributed by atoms with E-state index in [0.29, 0.717) is 6.04 Å². The molecule has 0 aromatic heterocycles. The van der Waals surface area contributed by atoms with E-state index in [0.717, 1.165) is 38.3 Å². The van der Waals surface area contributed by atoms with Gasteiger partial charge in [-0.2, -0.15) is 0 Å². The van der Waals surface area contributed by atoms with Crippen LogP contribution in [0.2, 0.25) is 0 Å². The molecular weight excluding hydrogens is 226 g/mol. The number of nitrogens with zero attached hydrogens (tertiary/aromatic N) is 1. The predicted molar refractivity (Wildman–Crippen MR) is 75.1 cm³/mol. The Hall–Kier alpha value is -0.610. The Kier molecular flexibility index (Phi) is 5.60. The monoisotopic (exact) mass is 255 g/mol. The lowest BCUT2D eigenvalue weighted by atomic mass is 9.97. The first kappa shape index (κ1) is 15.4. The molecule has 1 rings (SSSR count). The highest BCUT2D eigenvalue weighted by molar-refractivity contribution is 5.84. The van der Waals surface area contributed by atoms with E-state index in [1.165, 1.54) is 12.8 Å². The number of carbonyl (C=O) groups excluding carboxylic acids is 1. The molecule has 0 aromatic rings. The summed E-state index contributed by atoms with van der Waals surface area (Å²) in [5.41, 5.74) is 10.7. The molecule has 1 amide bonds. The minimum absolute atomic E-state index is 0.344. The Balaban J connectivity index is 2.60. The van der Waals surface area contributed by atoms with Gasteiger partial charge in [-0.1, -0.05) is 33.6 Å². The van der Waals surface area contributed by atoms with E-state index >= 15 is 0 Å². The smallest absolute Gasteiger partial charge is 0.237 e. The maximum absolute atomic E-state index is 11.4. The maximum atomic E-state index is 11.4. The van der Waals surface area contributed by atoms with Crippen molar-refractivity contribution in [2.45, 2.75) is 64.5 Å². The average molecular weight is 255 g/mol. The minimum atomic E-state index is -0.772. The normalized spacial score (nSPS) is 28.2. The summed E-state index contributed by atoms with van der Waals surface area (Å²) in [5, 5.41) is 0. The maximum Gasteiger partial charge on any atom is 0.237 e. The van der Waals surface area contributed by atoms with E-state index in [4.69, 9.17) is 11.5 Å². The molecule has 4 nitrogen and oxygen atoms in total. The van der Waals surface area contributed by atoms with Gasteiger partial charge in [0.15, 0.2) is 0 Å². The van der Waals surface area contributed by atoms with Gasteiger partial charge >= 0.3 is 0 Å². The van der Waals surface area contributed by atoms with Crippen LogP contribution in [-0.4, -0.2) is 35.5 Å². The van der Waals surface area contributed by atoms with Crippen molar-refractivity contribution < 1.29 is 4.79 Å². The molecule has 0 bridgehead atoms. The molecule has 1 aliphatic rings. The zero-order chi connectivity index (χ0) is 13.8. The van der Waals surface area contributed by atoms with E-state index in [1.807, 2.05) is 0 Å². The van der Waals surface area contributed by atoms with Gasteiger partial charge < -0.3 is 16.4 Å². The molecule has 0 saturated heterocycles. The lowest BCUT2D eigenvalue weighted by Crippen LogP contribution is -2.51. The molecule has 0 radical (unpaired) electrons. The molecule has 0 aromatic carbocycles. The molecule has 106 valence electrons. The summed E-state index contributed by atoms with van der Waals surface area (Å²) in [6, 6.07) is 0.424. The van der Waals surface area contributed by atoms with Crippen molar-refractivity contribution in [1.29, 1.82) is 0 Å². The zero-order valence-corrected chi connectivity index (χ0v) is 12.1. The van der Waals surface area contributed by atoms with Crippen molar-refractivity contribution in [2.75, 3.05) is 13.1 Å². The van der Waals surface area contributed by atoms with Crippen LogP contribution in [0.15, 0.2) is 0 Å². The van der Waals surface area contributed by atoms with Crippen LogP contribution in [0.25, 0.3) is 0 Å². The van der Waals surface area contributed by atoms with Crippen LogP contribution in [0, 0.1) is 5.92 Å². The van der Waals surface area contributed by atoms with Gasteiger partial charge in [-0.3, -0.25) is 4.79 Å². The highest BCUT2D eigenvalue weighted by atomic mass is 16.1. The molecular formula is C14H29N3O. The fourth-order valence-corrected chi connectivity index (χ4v) is 3.00. The van der Waals surface area contributed by atoms with E-state index in [9.17, 15) is 4.79 Å². The molecule has 1 aliphatic carbocycles. The fraction of sp³-hybridized carbons (Fsp3) is 0.929. The average Bonchev–Trinajstić information content (AvgIpc) is 2.75. The molecule has 18 heavy (non-hydrogen) atoms. The molecule has 4 N–H and O–H groups in total. The number of carbonyl (C=O) groups is 1. The molecule has 4 heteroatoms. The van der Waals surface area contributed by atoms with E-state index in [-0.39, 0.29) is 5.91 Å². The van der Waals surface area contributed by atoms with Gasteiger partial charge in [-0.05, 0) is 31.7 Å². The molecule has 2 atom stereocenters. The standard InChI is InChI=1S/C14H29N3O/c1-4-11(5-2)10-17(6-3)12-7-8-14(16,9-12)13(15)18/h11-12H,4-10,16H2,1-3H3,(H2,15,18). The predicted octanol–water partition coefficient (Wildman–Crippen LogP) is 1.48. The quantitative estimate of drug-likeness (QED) is 0.724. The summed E-state index contributed by atoms with van der Waals surface area (Å²) in [6.07, 6.45) is 4.86. The topological polar surface area (TPSA) is 72.3 Å². The molecule has 0 aliphatic heterocycles. The van der Waals surface area contributed by atoms with Crippen LogP contribution in [0.5, 0.6) is 0 Å². The molecule has 2 unspecified atom stereocenters. The molecule has 1 saturated carbocycles. The minimum Gasteiger partial charge on any atom is -0.368 e. The van der Waals surface area contributed by atoms with Gasteiger partial charge in [0.2, 0.25) is 5.91 Å². The third kappa shape index (κ3) is 3.45. The third-order valence-corrected chi connectivity index (χ3v) is 4.58. The summed E-state index contributed by atoms with van der Waals surface area (Å²) in [7, 11) is 0.